The van der Waals surface area contributed by atoms with E-state index in [4.69, 9.17) is 0 Å². The standard InChI is InChI=1S/C45H47N2/c1-7-29-44(4)40(46(6)38-26-24-34-18-11-13-20-36(34)42(38)44)22-15-23-41-45(5,31-33-16-9-8-10-17-33)43-37-21-14-12-19-35(37)25-27-39(43)47(41)30-28-32(2)3/h7-27,32H,1,28-31H2,2-6H3/q+1. The monoisotopic (exact) mass is 615 g/mol. The summed E-state index contributed by atoms with van der Waals surface area (Å²) in [6.45, 7) is 14.7. The summed E-state index contributed by atoms with van der Waals surface area (Å²) >= 11 is 0. The molecule has 2 heteroatoms. The fourth-order valence-electron chi connectivity index (χ4n) is 8.47. The molecule has 2 nitrogen and oxygen atoms in total. The Labute approximate surface area is 281 Å². The zero-order chi connectivity index (χ0) is 32.8. The molecule has 0 aliphatic carbocycles. The van der Waals surface area contributed by atoms with E-state index >= 15 is 0 Å². The molecule has 0 radical (unpaired) electrons. The fourth-order valence-corrected chi connectivity index (χ4v) is 8.47. The first-order valence-corrected chi connectivity index (χ1v) is 17.2. The highest BCUT2D eigenvalue weighted by molar-refractivity contribution is 6.08. The number of rotatable bonds is 9. The van der Waals surface area contributed by atoms with Crippen LogP contribution in [0, 0.1) is 5.92 Å². The Balaban J connectivity index is 1.40. The fraction of sp³-hybridized carbons (Fsp3) is 0.267. The first-order chi connectivity index (χ1) is 22.8. The van der Waals surface area contributed by atoms with Gasteiger partial charge >= 0.3 is 0 Å². The van der Waals surface area contributed by atoms with Gasteiger partial charge in [0.15, 0.2) is 5.71 Å². The van der Waals surface area contributed by atoms with Crippen LogP contribution in [0.25, 0.3) is 21.5 Å². The van der Waals surface area contributed by atoms with Crippen molar-refractivity contribution in [3.05, 3.63) is 156 Å². The molecule has 2 atom stereocenters. The van der Waals surface area contributed by atoms with Gasteiger partial charge in [0.1, 0.15) is 6.54 Å². The van der Waals surface area contributed by atoms with E-state index < -0.39 is 0 Å². The van der Waals surface area contributed by atoms with Crippen molar-refractivity contribution in [2.75, 3.05) is 18.5 Å². The van der Waals surface area contributed by atoms with Gasteiger partial charge in [-0.3, -0.25) is 0 Å². The van der Waals surface area contributed by atoms with Crippen molar-refractivity contribution in [2.24, 2.45) is 5.92 Å². The molecule has 0 amide bonds. The smallest absolute Gasteiger partial charge is 0.210 e. The Morgan fingerprint density at radius 1 is 0.766 bits per heavy atom. The van der Waals surface area contributed by atoms with Crippen molar-refractivity contribution in [1.82, 2.24) is 0 Å². The van der Waals surface area contributed by atoms with Crippen molar-refractivity contribution < 1.29 is 4.58 Å². The van der Waals surface area contributed by atoms with Gasteiger partial charge in [-0.15, -0.1) is 6.58 Å². The molecule has 2 unspecified atom stereocenters. The molecule has 0 aromatic heterocycles. The molecule has 2 heterocycles. The second-order valence-corrected chi connectivity index (χ2v) is 14.4. The summed E-state index contributed by atoms with van der Waals surface area (Å²) in [5, 5.41) is 5.28. The number of fused-ring (bicyclic) bond motifs is 6. The van der Waals surface area contributed by atoms with Crippen molar-refractivity contribution in [3.8, 4) is 0 Å². The molecule has 2 aliphatic heterocycles. The lowest BCUT2D eigenvalue weighted by Gasteiger charge is -2.28. The van der Waals surface area contributed by atoms with Gasteiger partial charge in [0.25, 0.3) is 0 Å². The average Bonchev–Trinajstić information content (AvgIpc) is 3.44. The van der Waals surface area contributed by atoms with E-state index in [1.807, 2.05) is 0 Å². The van der Waals surface area contributed by atoms with Crippen LogP contribution in [-0.2, 0) is 17.3 Å². The number of allylic oxidation sites excluding steroid dienone is 5. The predicted molar refractivity (Wildman–Crippen MR) is 202 cm³/mol. The number of hydrogen-bond donors (Lipinski definition) is 0. The molecule has 5 aromatic rings. The maximum atomic E-state index is 4.20. The van der Waals surface area contributed by atoms with E-state index in [2.05, 4.69) is 178 Å². The van der Waals surface area contributed by atoms with Crippen LogP contribution in [0.15, 0.2) is 140 Å². The van der Waals surface area contributed by atoms with Crippen LogP contribution in [-0.4, -0.2) is 23.9 Å². The van der Waals surface area contributed by atoms with Crippen LogP contribution in [0.5, 0.6) is 0 Å². The topological polar surface area (TPSA) is 6.25 Å². The number of benzene rings is 5. The highest BCUT2D eigenvalue weighted by Gasteiger charge is 2.49. The quantitative estimate of drug-likeness (QED) is 0.118. The number of likely N-dealkylation sites (N-methyl/N-ethyl adjacent to an activating group) is 1. The Morgan fingerprint density at radius 2 is 1.40 bits per heavy atom. The molecular weight excluding hydrogens is 569 g/mol. The van der Waals surface area contributed by atoms with Gasteiger partial charge < -0.3 is 4.90 Å². The molecule has 7 rings (SSSR count). The van der Waals surface area contributed by atoms with Gasteiger partial charge in [0.05, 0.1) is 5.41 Å². The Bertz CT molecular complexity index is 2080. The predicted octanol–water partition coefficient (Wildman–Crippen LogP) is 11.1. The molecule has 0 spiro atoms. The molecule has 2 aliphatic rings. The van der Waals surface area contributed by atoms with Crippen LogP contribution in [0.4, 0.5) is 11.4 Å². The number of nitrogens with zero attached hydrogens (tertiary/aromatic N) is 2. The van der Waals surface area contributed by atoms with Crippen LogP contribution >= 0.6 is 0 Å². The maximum absolute atomic E-state index is 4.20. The van der Waals surface area contributed by atoms with Gasteiger partial charge in [-0.1, -0.05) is 111 Å². The van der Waals surface area contributed by atoms with Crippen molar-refractivity contribution >= 4 is 38.6 Å². The Kier molecular flexibility index (Phi) is 8.00. The Morgan fingerprint density at radius 3 is 2.09 bits per heavy atom. The third-order valence-corrected chi connectivity index (χ3v) is 10.7. The number of hydrogen-bond acceptors (Lipinski definition) is 1. The maximum Gasteiger partial charge on any atom is 0.210 e. The summed E-state index contributed by atoms with van der Waals surface area (Å²) in [6.07, 6.45) is 12.2. The van der Waals surface area contributed by atoms with Gasteiger partial charge in [0, 0.05) is 48.0 Å². The first-order valence-electron chi connectivity index (χ1n) is 17.2. The van der Waals surface area contributed by atoms with E-state index in [1.165, 1.54) is 61.0 Å². The van der Waals surface area contributed by atoms with Crippen LogP contribution in [0.3, 0.4) is 0 Å². The number of anilines is 1. The molecule has 0 bridgehead atoms. The summed E-state index contributed by atoms with van der Waals surface area (Å²) in [4.78, 5) is 2.40. The SMILES string of the molecule is C=CCC1(C)/C(=C\C=C\C2=[N+](CCC(C)C)c3ccc4ccccc4c3C2(C)Cc2ccccc2)N(C)c2ccc3ccccc3c21. The molecule has 0 fully saturated rings. The van der Waals surface area contributed by atoms with Crippen LogP contribution < -0.4 is 4.90 Å². The van der Waals surface area contributed by atoms with E-state index in [1.54, 1.807) is 0 Å². The molecule has 236 valence electrons. The largest absolute Gasteiger partial charge is 0.347 e. The lowest BCUT2D eigenvalue weighted by atomic mass is 9.73. The van der Waals surface area contributed by atoms with Crippen molar-refractivity contribution in [3.63, 3.8) is 0 Å². The average molecular weight is 616 g/mol. The zero-order valence-corrected chi connectivity index (χ0v) is 28.6. The van der Waals surface area contributed by atoms with Gasteiger partial charge in [0.2, 0.25) is 5.69 Å². The van der Waals surface area contributed by atoms with Crippen LogP contribution in [0.2, 0.25) is 0 Å². The highest BCUT2D eigenvalue weighted by atomic mass is 15.2. The van der Waals surface area contributed by atoms with E-state index in [0.29, 0.717) is 5.92 Å². The minimum atomic E-state index is -0.200. The third kappa shape index (κ3) is 5.15. The second-order valence-electron chi connectivity index (χ2n) is 14.4. The molecular formula is C45H47N2+. The van der Waals surface area contributed by atoms with Crippen LogP contribution in [0.1, 0.15) is 57.2 Å². The van der Waals surface area contributed by atoms with Gasteiger partial charge in [-0.05, 0) is 83.5 Å². The third-order valence-electron chi connectivity index (χ3n) is 10.7. The molecule has 5 aromatic carbocycles. The first kappa shape index (κ1) is 30.9. The molecule has 0 saturated heterocycles. The minimum absolute atomic E-state index is 0.179. The summed E-state index contributed by atoms with van der Waals surface area (Å²) in [7, 11) is 2.22. The minimum Gasteiger partial charge on any atom is -0.347 e. The normalized spacial score (nSPS) is 21.5. The van der Waals surface area contributed by atoms with Gasteiger partial charge in [-0.25, -0.2) is 0 Å². The lowest BCUT2D eigenvalue weighted by Crippen LogP contribution is -2.34. The van der Waals surface area contributed by atoms with E-state index in [9.17, 15) is 0 Å². The second kappa shape index (κ2) is 12.2. The zero-order valence-electron chi connectivity index (χ0n) is 28.6. The molecule has 0 saturated carbocycles. The van der Waals surface area contributed by atoms with E-state index in [-0.39, 0.29) is 10.8 Å². The van der Waals surface area contributed by atoms with E-state index in [0.717, 1.165) is 25.8 Å². The van der Waals surface area contributed by atoms with Gasteiger partial charge in [-0.2, -0.15) is 4.58 Å². The molecule has 47 heavy (non-hydrogen) atoms. The van der Waals surface area contributed by atoms with Crippen molar-refractivity contribution in [1.29, 1.82) is 0 Å². The summed E-state index contributed by atoms with van der Waals surface area (Å²) < 4.78 is 2.63. The summed E-state index contributed by atoms with van der Waals surface area (Å²) in [6, 6.07) is 38.0. The highest BCUT2D eigenvalue weighted by Crippen LogP contribution is 2.52. The summed E-state index contributed by atoms with van der Waals surface area (Å²) in [5.74, 6) is 0.618. The van der Waals surface area contributed by atoms with Crippen molar-refractivity contribution in [2.45, 2.75) is 57.8 Å². The molecule has 0 N–H and O–H groups in total. The Hall–Kier alpha value is -4.69. The lowest BCUT2D eigenvalue weighted by molar-refractivity contribution is -0.439. The summed E-state index contributed by atoms with van der Waals surface area (Å²) in [5.41, 5.74) is 9.15.